The average molecular weight is 360 g/mol. The number of fused-ring (bicyclic) bond motifs is 2. The van der Waals surface area contributed by atoms with E-state index >= 15 is 0 Å². The van der Waals surface area contributed by atoms with E-state index in [0.29, 0.717) is 0 Å². The molecule has 140 valence electrons. The minimum Gasteiger partial charge on any atom is -0.463 e. The molecule has 0 aromatic heterocycles. The second-order valence-corrected chi connectivity index (χ2v) is 5.82. The van der Waals surface area contributed by atoms with E-state index in [9.17, 15) is 19.2 Å². The summed E-state index contributed by atoms with van der Waals surface area (Å²) in [5, 5.41) is 0. The third-order valence-electron chi connectivity index (χ3n) is 3.67. The molecule has 0 amide bonds. The SMILES string of the molecule is CC(=O)OC[C@@]12CO[C@@H](O1)[C@H](OC(C)=O)[C@@H](OC(C)=O)[C@H]2OC(C)=O. The van der Waals surface area contributed by atoms with E-state index in [0.717, 1.165) is 13.8 Å². The topological polar surface area (TPSA) is 124 Å². The van der Waals surface area contributed by atoms with Crippen LogP contribution < -0.4 is 0 Å². The Kier molecular flexibility index (Phi) is 5.63. The molecule has 2 heterocycles. The standard InChI is InChI=1S/C15H20O10/c1-7(16)20-5-15-6-21-14(25-15)12(23-9(3)18)11(22-8(2)17)13(15)24-10(4)19/h11-14H,5-6H2,1-4H3/t11-,12-,13-,14+,15+/m1/s1. The monoisotopic (exact) mass is 360 g/mol. The molecule has 0 aliphatic carbocycles. The highest BCUT2D eigenvalue weighted by molar-refractivity contribution is 5.69. The van der Waals surface area contributed by atoms with Gasteiger partial charge in [-0.2, -0.15) is 0 Å². The highest BCUT2D eigenvalue weighted by atomic mass is 16.8. The van der Waals surface area contributed by atoms with Crippen molar-refractivity contribution in [1.82, 2.24) is 0 Å². The molecule has 0 saturated carbocycles. The van der Waals surface area contributed by atoms with Crippen LogP contribution in [0.3, 0.4) is 0 Å². The molecule has 10 nitrogen and oxygen atoms in total. The largest absolute Gasteiger partial charge is 0.463 e. The van der Waals surface area contributed by atoms with E-state index in [1.807, 2.05) is 0 Å². The second kappa shape index (κ2) is 7.36. The number of carbonyl (C=O) groups excluding carboxylic acids is 4. The van der Waals surface area contributed by atoms with Gasteiger partial charge in [-0.25, -0.2) is 0 Å². The van der Waals surface area contributed by atoms with Gasteiger partial charge in [0.1, 0.15) is 6.61 Å². The van der Waals surface area contributed by atoms with Gasteiger partial charge in [-0.3, -0.25) is 19.2 Å². The third kappa shape index (κ3) is 4.26. The number of rotatable bonds is 5. The lowest BCUT2D eigenvalue weighted by atomic mass is 9.88. The van der Waals surface area contributed by atoms with Crippen LogP contribution in [0.1, 0.15) is 27.7 Å². The quantitative estimate of drug-likeness (QED) is 0.467. The molecule has 2 aliphatic heterocycles. The Labute approximate surface area is 143 Å². The molecule has 2 rings (SSSR count). The molecule has 2 aliphatic rings. The lowest BCUT2D eigenvalue weighted by molar-refractivity contribution is -0.279. The van der Waals surface area contributed by atoms with Gasteiger partial charge >= 0.3 is 23.9 Å². The molecule has 10 heteroatoms. The Bertz CT molecular complexity index is 573. The number of ether oxygens (including phenoxy) is 6. The number of carbonyl (C=O) groups is 4. The molecule has 0 spiro atoms. The van der Waals surface area contributed by atoms with Crippen molar-refractivity contribution < 1.29 is 47.6 Å². The summed E-state index contributed by atoms with van der Waals surface area (Å²) in [5.74, 6) is -2.59. The fourth-order valence-electron chi connectivity index (χ4n) is 2.83. The molecule has 0 N–H and O–H groups in total. The summed E-state index contributed by atoms with van der Waals surface area (Å²) in [6.45, 7) is 4.29. The van der Waals surface area contributed by atoms with Gasteiger partial charge in [-0.05, 0) is 0 Å². The maximum Gasteiger partial charge on any atom is 0.303 e. The van der Waals surface area contributed by atoms with Gasteiger partial charge in [0, 0.05) is 27.7 Å². The Morgan fingerprint density at radius 2 is 1.44 bits per heavy atom. The summed E-state index contributed by atoms with van der Waals surface area (Å²) in [7, 11) is 0. The Morgan fingerprint density at radius 3 is 1.96 bits per heavy atom. The summed E-state index contributed by atoms with van der Waals surface area (Å²) >= 11 is 0. The zero-order valence-electron chi connectivity index (χ0n) is 14.3. The molecule has 25 heavy (non-hydrogen) atoms. The summed E-state index contributed by atoms with van der Waals surface area (Å²) in [6.07, 6.45) is -4.58. The van der Waals surface area contributed by atoms with E-state index in [1.165, 1.54) is 13.8 Å². The lowest BCUT2D eigenvalue weighted by Gasteiger charge is -2.44. The van der Waals surface area contributed by atoms with Gasteiger partial charge in [0.15, 0.2) is 30.2 Å². The predicted molar refractivity (Wildman–Crippen MR) is 76.9 cm³/mol. The van der Waals surface area contributed by atoms with E-state index in [4.69, 9.17) is 28.4 Å². The maximum absolute atomic E-state index is 11.6. The van der Waals surface area contributed by atoms with Crippen molar-refractivity contribution in [2.75, 3.05) is 13.2 Å². The first-order valence-electron chi connectivity index (χ1n) is 7.59. The summed E-state index contributed by atoms with van der Waals surface area (Å²) < 4.78 is 31.9. The van der Waals surface area contributed by atoms with Gasteiger partial charge < -0.3 is 28.4 Å². The van der Waals surface area contributed by atoms with Crippen molar-refractivity contribution in [2.24, 2.45) is 0 Å². The summed E-state index contributed by atoms with van der Waals surface area (Å²) in [4.78, 5) is 45.6. The van der Waals surface area contributed by atoms with Crippen molar-refractivity contribution >= 4 is 23.9 Å². The Balaban J connectivity index is 2.38. The highest BCUT2D eigenvalue weighted by Gasteiger charge is 2.65. The van der Waals surface area contributed by atoms with E-state index in [2.05, 4.69) is 0 Å². The zero-order valence-corrected chi connectivity index (χ0v) is 14.3. The van der Waals surface area contributed by atoms with Crippen LogP contribution in [0.2, 0.25) is 0 Å². The summed E-state index contributed by atoms with van der Waals surface area (Å²) in [6, 6.07) is 0. The molecule has 0 radical (unpaired) electrons. The van der Waals surface area contributed by atoms with Crippen LogP contribution in [0.25, 0.3) is 0 Å². The average Bonchev–Trinajstić information content (AvgIpc) is 2.87. The molecule has 0 unspecified atom stereocenters. The van der Waals surface area contributed by atoms with Crippen LogP contribution in [0, 0.1) is 0 Å². The first kappa shape index (κ1) is 19.1. The fourth-order valence-corrected chi connectivity index (χ4v) is 2.83. The maximum atomic E-state index is 11.6. The molecule has 2 fully saturated rings. The molecule has 0 aromatic carbocycles. The minimum absolute atomic E-state index is 0.113. The predicted octanol–water partition coefficient (Wildman–Crippen LogP) is -0.530. The van der Waals surface area contributed by atoms with Crippen LogP contribution in [0.15, 0.2) is 0 Å². The second-order valence-electron chi connectivity index (χ2n) is 5.82. The van der Waals surface area contributed by atoms with Crippen LogP contribution in [0.4, 0.5) is 0 Å². The van der Waals surface area contributed by atoms with Crippen molar-refractivity contribution in [3.63, 3.8) is 0 Å². The lowest BCUT2D eigenvalue weighted by Crippen LogP contribution is -2.65. The van der Waals surface area contributed by atoms with Crippen LogP contribution in [-0.4, -0.2) is 67.3 Å². The van der Waals surface area contributed by atoms with Crippen molar-refractivity contribution in [2.45, 2.75) is 57.9 Å². The van der Waals surface area contributed by atoms with Gasteiger partial charge in [0.2, 0.25) is 0 Å². The Morgan fingerprint density at radius 1 is 0.880 bits per heavy atom. The fraction of sp³-hybridized carbons (Fsp3) is 0.733. The summed E-state index contributed by atoms with van der Waals surface area (Å²) in [5.41, 5.74) is -1.38. The smallest absolute Gasteiger partial charge is 0.303 e. The first-order valence-corrected chi connectivity index (χ1v) is 7.59. The minimum atomic E-state index is -1.38. The number of hydrogen-bond donors (Lipinski definition) is 0. The van der Waals surface area contributed by atoms with Crippen LogP contribution >= 0.6 is 0 Å². The van der Waals surface area contributed by atoms with Crippen molar-refractivity contribution in [3.8, 4) is 0 Å². The highest BCUT2D eigenvalue weighted by Crippen LogP contribution is 2.41. The first-order chi connectivity index (χ1) is 11.6. The van der Waals surface area contributed by atoms with Crippen molar-refractivity contribution in [1.29, 1.82) is 0 Å². The number of hydrogen-bond acceptors (Lipinski definition) is 10. The van der Waals surface area contributed by atoms with Crippen LogP contribution in [-0.2, 0) is 47.6 Å². The molecule has 5 atom stereocenters. The van der Waals surface area contributed by atoms with E-state index < -0.39 is 54.1 Å². The van der Waals surface area contributed by atoms with E-state index in [1.54, 1.807) is 0 Å². The normalized spacial score (nSPS) is 33.3. The molecular formula is C15H20O10. The molecule has 0 aromatic rings. The third-order valence-corrected chi connectivity index (χ3v) is 3.67. The zero-order chi connectivity index (χ0) is 18.8. The molecule has 2 bridgehead atoms. The van der Waals surface area contributed by atoms with Gasteiger partial charge in [-0.1, -0.05) is 0 Å². The molecular weight excluding hydrogens is 340 g/mol. The number of esters is 4. The molecule has 2 saturated heterocycles. The van der Waals surface area contributed by atoms with Crippen molar-refractivity contribution in [3.05, 3.63) is 0 Å². The van der Waals surface area contributed by atoms with Gasteiger partial charge in [0.25, 0.3) is 0 Å². The Hall–Kier alpha value is -2.20. The van der Waals surface area contributed by atoms with E-state index in [-0.39, 0.29) is 13.2 Å². The van der Waals surface area contributed by atoms with Crippen LogP contribution in [0.5, 0.6) is 0 Å². The van der Waals surface area contributed by atoms with Gasteiger partial charge in [0.05, 0.1) is 6.61 Å². The van der Waals surface area contributed by atoms with Gasteiger partial charge in [-0.15, -0.1) is 0 Å².